The fraction of sp³-hybridized carbons (Fsp3) is 0.667. The Morgan fingerprint density at radius 1 is 1.14 bits per heavy atom. The van der Waals surface area contributed by atoms with Gasteiger partial charge in [0.05, 0.1) is 13.2 Å². The van der Waals surface area contributed by atoms with E-state index in [-0.39, 0.29) is 24.0 Å². The molecule has 1 aromatic carbocycles. The Bertz CT molecular complexity index is 599. The van der Waals surface area contributed by atoms with Crippen LogP contribution in [0.2, 0.25) is 0 Å². The van der Waals surface area contributed by atoms with E-state index >= 15 is 0 Å². The number of nitrogens with one attached hydrogen (secondary N) is 2. The molecule has 0 spiro atoms. The maximum atomic E-state index is 5.77. The third-order valence-electron chi connectivity index (χ3n) is 4.00. The van der Waals surface area contributed by atoms with Crippen molar-refractivity contribution in [2.24, 2.45) is 10.9 Å². The van der Waals surface area contributed by atoms with E-state index in [4.69, 9.17) is 18.9 Å². The first-order chi connectivity index (χ1) is 13.7. The standard InChI is InChI=1S/C21H35N3O4.HI/c1-17(2)16-26-12-5-10-23-21(22-9-4-11-25-3)24-18-7-8-19-20(15-18)28-14-6-13-27-19;/h7-8,15,17H,4-6,9-14,16H2,1-3H3,(H2,22,23,24);1H. The summed E-state index contributed by atoms with van der Waals surface area (Å²) in [6.45, 7) is 9.39. The van der Waals surface area contributed by atoms with Crippen molar-refractivity contribution < 1.29 is 18.9 Å². The second-order valence-corrected chi connectivity index (χ2v) is 7.16. The minimum absolute atomic E-state index is 0. The minimum Gasteiger partial charge on any atom is -0.490 e. The molecule has 0 saturated carbocycles. The predicted octanol–water partition coefficient (Wildman–Crippen LogP) is 3.92. The number of fused-ring (bicyclic) bond motifs is 1. The Morgan fingerprint density at radius 3 is 2.69 bits per heavy atom. The number of nitrogens with zero attached hydrogens (tertiary/aromatic N) is 1. The minimum atomic E-state index is 0. The van der Waals surface area contributed by atoms with Crippen LogP contribution >= 0.6 is 24.0 Å². The monoisotopic (exact) mass is 521 g/mol. The van der Waals surface area contributed by atoms with Crippen LogP contribution < -0.4 is 20.1 Å². The molecular weight excluding hydrogens is 485 g/mol. The summed E-state index contributed by atoms with van der Waals surface area (Å²) in [5.41, 5.74) is 0.915. The number of hydrogen-bond donors (Lipinski definition) is 2. The number of anilines is 1. The largest absolute Gasteiger partial charge is 0.490 e. The van der Waals surface area contributed by atoms with Crippen molar-refractivity contribution in [3.8, 4) is 11.5 Å². The van der Waals surface area contributed by atoms with Gasteiger partial charge in [-0.2, -0.15) is 0 Å². The Labute approximate surface area is 191 Å². The summed E-state index contributed by atoms with van der Waals surface area (Å²) in [5.74, 6) is 2.86. The molecule has 29 heavy (non-hydrogen) atoms. The van der Waals surface area contributed by atoms with Crippen LogP contribution in [0.15, 0.2) is 23.2 Å². The molecular formula is C21H36IN3O4. The molecule has 0 fully saturated rings. The number of aliphatic imine (C=N–C) groups is 1. The Hall–Kier alpha value is -1.26. The summed E-state index contributed by atoms with van der Waals surface area (Å²) in [6.07, 6.45) is 2.69. The molecule has 1 aliphatic heterocycles. The van der Waals surface area contributed by atoms with Gasteiger partial charge in [-0.25, -0.2) is 0 Å². The lowest BCUT2D eigenvalue weighted by Crippen LogP contribution is -2.32. The van der Waals surface area contributed by atoms with Crippen molar-refractivity contribution in [3.05, 3.63) is 18.2 Å². The van der Waals surface area contributed by atoms with E-state index in [0.29, 0.717) is 32.3 Å². The third kappa shape index (κ3) is 10.9. The van der Waals surface area contributed by atoms with Crippen molar-refractivity contribution in [2.75, 3.05) is 58.6 Å². The first-order valence-corrected chi connectivity index (χ1v) is 10.2. The smallest absolute Gasteiger partial charge is 0.195 e. The molecule has 0 unspecified atom stereocenters. The molecule has 0 aromatic heterocycles. The van der Waals surface area contributed by atoms with Gasteiger partial charge in [0.1, 0.15) is 0 Å². The Morgan fingerprint density at radius 2 is 1.93 bits per heavy atom. The van der Waals surface area contributed by atoms with Crippen LogP contribution in [0.4, 0.5) is 5.69 Å². The number of benzene rings is 1. The van der Waals surface area contributed by atoms with E-state index in [1.807, 2.05) is 18.2 Å². The molecule has 7 nitrogen and oxygen atoms in total. The molecule has 1 aromatic rings. The highest BCUT2D eigenvalue weighted by Gasteiger charge is 2.11. The molecule has 166 valence electrons. The first-order valence-electron chi connectivity index (χ1n) is 10.2. The molecule has 0 radical (unpaired) electrons. The van der Waals surface area contributed by atoms with Gasteiger partial charge in [-0.15, -0.1) is 24.0 Å². The summed E-state index contributed by atoms with van der Waals surface area (Å²) in [7, 11) is 1.70. The second-order valence-electron chi connectivity index (χ2n) is 7.16. The summed E-state index contributed by atoms with van der Waals surface area (Å²) in [6, 6.07) is 5.87. The molecule has 0 bridgehead atoms. The topological polar surface area (TPSA) is 73.3 Å². The zero-order valence-corrected chi connectivity index (χ0v) is 20.2. The van der Waals surface area contributed by atoms with Gasteiger partial charge in [-0.05, 0) is 30.9 Å². The van der Waals surface area contributed by atoms with E-state index in [0.717, 1.165) is 62.2 Å². The van der Waals surface area contributed by atoms with Crippen molar-refractivity contribution in [2.45, 2.75) is 33.1 Å². The fourth-order valence-corrected chi connectivity index (χ4v) is 2.62. The molecule has 0 atom stereocenters. The maximum Gasteiger partial charge on any atom is 0.195 e. The predicted molar refractivity (Wildman–Crippen MR) is 128 cm³/mol. The zero-order valence-electron chi connectivity index (χ0n) is 17.9. The SMILES string of the molecule is COCCCN=C(NCCCOCC(C)C)Nc1ccc2c(c1)OCCCO2.I. The summed E-state index contributed by atoms with van der Waals surface area (Å²) in [4.78, 5) is 4.63. The van der Waals surface area contributed by atoms with Crippen LogP contribution in [-0.2, 0) is 9.47 Å². The summed E-state index contributed by atoms with van der Waals surface area (Å²) < 4.78 is 22.2. The number of hydrogen-bond acceptors (Lipinski definition) is 5. The van der Waals surface area contributed by atoms with Crippen molar-refractivity contribution >= 4 is 35.6 Å². The van der Waals surface area contributed by atoms with Crippen molar-refractivity contribution in [3.63, 3.8) is 0 Å². The second kappa shape index (κ2) is 15.6. The molecule has 1 aliphatic rings. The normalized spacial score (nSPS) is 13.6. The number of ether oxygens (including phenoxy) is 4. The van der Waals surface area contributed by atoms with Gasteiger partial charge in [-0.3, -0.25) is 4.99 Å². The highest BCUT2D eigenvalue weighted by molar-refractivity contribution is 14.0. The van der Waals surface area contributed by atoms with E-state index in [1.54, 1.807) is 7.11 Å². The van der Waals surface area contributed by atoms with Crippen LogP contribution in [0.3, 0.4) is 0 Å². The van der Waals surface area contributed by atoms with Crippen LogP contribution in [-0.4, -0.2) is 59.2 Å². The number of methoxy groups -OCH3 is 1. The Balaban J connectivity index is 0.00000420. The zero-order chi connectivity index (χ0) is 20.0. The Kier molecular flexibility index (Phi) is 13.8. The summed E-state index contributed by atoms with van der Waals surface area (Å²) in [5, 5.41) is 6.73. The van der Waals surface area contributed by atoms with Crippen molar-refractivity contribution in [1.82, 2.24) is 5.32 Å². The van der Waals surface area contributed by atoms with Gasteiger partial charge in [0.25, 0.3) is 0 Å². The molecule has 2 rings (SSSR count). The van der Waals surface area contributed by atoms with Crippen molar-refractivity contribution in [1.29, 1.82) is 0 Å². The lowest BCUT2D eigenvalue weighted by atomic mass is 10.2. The lowest BCUT2D eigenvalue weighted by Gasteiger charge is -2.15. The highest BCUT2D eigenvalue weighted by atomic mass is 127. The summed E-state index contributed by atoms with van der Waals surface area (Å²) >= 11 is 0. The van der Waals surface area contributed by atoms with E-state index in [9.17, 15) is 0 Å². The van der Waals surface area contributed by atoms with E-state index in [2.05, 4.69) is 29.5 Å². The molecule has 0 saturated heterocycles. The number of guanidine groups is 1. The molecule has 2 N–H and O–H groups in total. The molecule has 8 heteroatoms. The number of rotatable bonds is 11. The van der Waals surface area contributed by atoms with E-state index in [1.165, 1.54) is 0 Å². The fourth-order valence-electron chi connectivity index (χ4n) is 2.62. The lowest BCUT2D eigenvalue weighted by molar-refractivity contribution is 0.108. The van der Waals surface area contributed by atoms with Crippen LogP contribution in [0, 0.1) is 5.92 Å². The molecule has 0 aliphatic carbocycles. The van der Waals surface area contributed by atoms with Gasteiger partial charge in [0, 0.05) is 58.2 Å². The number of halogens is 1. The van der Waals surface area contributed by atoms with Gasteiger partial charge < -0.3 is 29.6 Å². The average Bonchev–Trinajstić information content (AvgIpc) is 2.92. The first kappa shape index (κ1) is 25.8. The van der Waals surface area contributed by atoms with Crippen LogP contribution in [0.1, 0.15) is 33.1 Å². The average molecular weight is 521 g/mol. The molecule has 0 amide bonds. The molecule has 1 heterocycles. The maximum absolute atomic E-state index is 5.77. The van der Waals surface area contributed by atoms with Crippen LogP contribution in [0.25, 0.3) is 0 Å². The van der Waals surface area contributed by atoms with Gasteiger partial charge in [0.15, 0.2) is 17.5 Å². The van der Waals surface area contributed by atoms with Gasteiger partial charge in [0.2, 0.25) is 0 Å². The van der Waals surface area contributed by atoms with Crippen LogP contribution in [0.5, 0.6) is 11.5 Å². The van der Waals surface area contributed by atoms with E-state index < -0.39 is 0 Å². The quantitative estimate of drug-likeness (QED) is 0.199. The highest BCUT2D eigenvalue weighted by Crippen LogP contribution is 2.32. The third-order valence-corrected chi connectivity index (χ3v) is 4.00. The van der Waals surface area contributed by atoms with Gasteiger partial charge >= 0.3 is 0 Å². The van der Waals surface area contributed by atoms with Gasteiger partial charge in [-0.1, -0.05) is 13.8 Å².